The average molecular weight is 259 g/mol. The molecule has 0 radical (unpaired) electrons. The largest absolute Gasteiger partial charge is 0.396 e. The van der Waals surface area contributed by atoms with Crippen molar-refractivity contribution in [2.24, 2.45) is 0 Å². The van der Waals surface area contributed by atoms with Gasteiger partial charge in [-0.25, -0.2) is 0 Å². The zero-order valence-electron chi connectivity index (χ0n) is 10.9. The highest BCUT2D eigenvalue weighted by atomic mass is 16.3. The molecule has 2 rings (SSSR count). The minimum Gasteiger partial charge on any atom is -0.396 e. The third-order valence-corrected chi connectivity index (χ3v) is 3.48. The zero-order valence-corrected chi connectivity index (χ0v) is 10.9. The molecule has 1 amide bonds. The number of carbonyl (C=O) groups excluding carboxylic acids is 1. The lowest BCUT2D eigenvalue weighted by atomic mass is 10.1. The number of aliphatic hydroxyl groups excluding tert-OH is 1. The Bertz CT molecular complexity index is 510. The van der Waals surface area contributed by atoms with E-state index in [9.17, 15) is 4.79 Å². The van der Waals surface area contributed by atoms with Gasteiger partial charge in [0.15, 0.2) is 0 Å². The van der Waals surface area contributed by atoms with Gasteiger partial charge in [-0.15, -0.1) is 0 Å². The SMILES string of the molecule is CN1CCN(c2ccccc2C#N)C(=O)C1CCO. The standard InChI is InChI=1S/C14H17N3O2/c1-16-7-8-17(14(19)13(16)6-9-18)12-5-3-2-4-11(12)10-15/h2-5,13,18H,6-9H2,1H3. The van der Waals surface area contributed by atoms with E-state index in [0.717, 1.165) is 6.54 Å². The van der Waals surface area contributed by atoms with E-state index >= 15 is 0 Å². The first-order chi connectivity index (χ1) is 9.19. The second-order valence-corrected chi connectivity index (χ2v) is 4.63. The van der Waals surface area contributed by atoms with Gasteiger partial charge in [0.1, 0.15) is 6.07 Å². The van der Waals surface area contributed by atoms with Crippen molar-refractivity contribution < 1.29 is 9.90 Å². The number of carbonyl (C=O) groups is 1. The van der Waals surface area contributed by atoms with Gasteiger partial charge in [-0.3, -0.25) is 9.69 Å². The van der Waals surface area contributed by atoms with Crippen molar-refractivity contribution >= 4 is 11.6 Å². The van der Waals surface area contributed by atoms with E-state index < -0.39 is 0 Å². The van der Waals surface area contributed by atoms with Gasteiger partial charge in [0.2, 0.25) is 5.91 Å². The van der Waals surface area contributed by atoms with Gasteiger partial charge in [-0.1, -0.05) is 12.1 Å². The number of amides is 1. The van der Waals surface area contributed by atoms with Gasteiger partial charge in [0.05, 0.1) is 17.3 Å². The van der Waals surface area contributed by atoms with Gasteiger partial charge >= 0.3 is 0 Å². The van der Waals surface area contributed by atoms with E-state index in [4.69, 9.17) is 10.4 Å². The fraction of sp³-hybridized carbons (Fsp3) is 0.429. The molecule has 0 spiro atoms. The van der Waals surface area contributed by atoms with Crippen LogP contribution in [0.1, 0.15) is 12.0 Å². The van der Waals surface area contributed by atoms with Gasteiger partial charge in [0, 0.05) is 19.7 Å². The molecule has 19 heavy (non-hydrogen) atoms. The van der Waals surface area contributed by atoms with Crippen LogP contribution in [-0.2, 0) is 4.79 Å². The highest BCUT2D eigenvalue weighted by Crippen LogP contribution is 2.24. The van der Waals surface area contributed by atoms with Crippen LogP contribution in [0.3, 0.4) is 0 Å². The summed E-state index contributed by atoms with van der Waals surface area (Å²) in [4.78, 5) is 16.1. The molecule has 1 heterocycles. The molecule has 1 aliphatic heterocycles. The monoisotopic (exact) mass is 259 g/mol. The zero-order chi connectivity index (χ0) is 13.8. The number of para-hydroxylation sites is 1. The molecule has 1 aromatic carbocycles. The van der Waals surface area contributed by atoms with Crippen LogP contribution in [-0.4, -0.2) is 48.7 Å². The lowest BCUT2D eigenvalue weighted by Crippen LogP contribution is -2.56. The highest BCUT2D eigenvalue weighted by molar-refractivity contribution is 5.99. The van der Waals surface area contributed by atoms with E-state index in [-0.39, 0.29) is 18.6 Å². The Balaban J connectivity index is 2.30. The molecule has 0 saturated carbocycles. The number of aliphatic hydroxyl groups is 1. The Morgan fingerprint density at radius 3 is 2.84 bits per heavy atom. The molecule has 0 aliphatic carbocycles. The van der Waals surface area contributed by atoms with Crippen molar-refractivity contribution in [3.8, 4) is 6.07 Å². The van der Waals surface area contributed by atoms with Crippen LogP contribution in [0.25, 0.3) is 0 Å². The Hall–Kier alpha value is -1.90. The summed E-state index contributed by atoms with van der Waals surface area (Å²) >= 11 is 0. The molecule has 100 valence electrons. The second-order valence-electron chi connectivity index (χ2n) is 4.63. The number of rotatable bonds is 3. The van der Waals surface area contributed by atoms with Crippen LogP contribution in [0.15, 0.2) is 24.3 Å². The lowest BCUT2D eigenvalue weighted by molar-refractivity contribution is -0.125. The molecule has 1 atom stereocenters. The van der Waals surface area contributed by atoms with Gasteiger partial charge in [-0.05, 0) is 25.6 Å². The molecule has 1 N–H and O–H groups in total. The number of nitriles is 1. The number of hydrogen-bond donors (Lipinski definition) is 1. The molecule has 1 unspecified atom stereocenters. The molecule has 1 aromatic rings. The first-order valence-corrected chi connectivity index (χ1v) is 6.30. The fourth-order valence-electron chi connectivity index (χ4n) is 2.40. The smallest absolute Gasteiger partial charge is 0.244 e. The van der Waals surface area contributed by atoms with Crippen LogP contribution in [0.5, 0.6) is 0 Å². The van der Waals surface area contributed by atoms with Gasteiger partial charge < -0.3 is 10.0 Å². The normalized spacial score (nSPS) is 20.4. The Kier molecular flexibility index (Phi) is 4.15. The predicted octanol–water partition coefficient (Wildman–Crippen LogP) is 0.588. The maximum atomic E-state index is 12.5. The lowest BCUT2D eigenvalue weighted by Gasteiger charge is -2.38. The van der Waals surface area contributed by atoms with E-state index in [0.29, 0.717) is 24.2 Å². The fourth-order valence-corrected chi connectivity index (χ4v) is 2.40. The Labute approximate surface area is 112 Å². The van der Waals surface area contributed by atoms with E-state index in [1.54, 1.807) is 23.1 Å². The van der Waals surface area contributed by atoms with Crippen LogP contribution >= 0.6 is 0 Å². The van der Waals surface area contributed by atoms with Crippen LogP contribution in [0.4, 0.5) is 5.69 Å². The molecular weight excluding hydrogens is 242 g/mol. The third kappa shape index (κ3) is 2.60. The Morgan fingerprint density at radius 2 is 2.16 bits per heavy atom. The molecule has 5 heteroatoms. The number of anilines is 1. The molecular formula is C14H17N3O2. The molecule has 5 nitrogen and oxygen atoms in total. The quantitative estimate of drug-likeness (QED) is 0.862. The second kappa shape index (κ2) is 5.83. The number of benzene rings is 1. The van der Waals surface area contributed by atoms with Crippen molar-refractivity contribution in [1.82, 2.24) is 4.90 Å². The molecule has 0 bridgehead atoms. The number of likely N-dealkylation sites (N-methyl/N-ethyl adjacent to an activating group) is 1. The van der Waals surface area contributed by atoms with Crippen LogP contribution in [0.2, 0.25) is 0 Å². The summed E-state index contributed by atoms with van der Waals surface area (Å²) in [6.07, 6.45) is 0.417. The summed E-state index contributed by atoms with van der Waals surface area (Å²) in [6.45, 7) is 1.28. The van der Waals surface area contributed by atoms with Gasteiger partial charge in [0.25, 0.3) is 0 Å². The number of piperazine rings is 1. The maximum Gasteiger partial charge on any atom is 0.244 e. The van der Waals surface area contributed by atoms with Crippen LogP contribution in [0, 0.1) is 11.3 Å². The maximum absolute atomic E-state index is 12.5. The molecule has 1 saturated heterocycles. The summed E-state index contributed by atoms with van der Waals surface area (Å²) in [6, 6.07) is 8.91. The predicted molar refractivity (Wildman–Crippen MR) is 71.6 cm³/mol. The van der Waals surface area contributed by atoms with Crippen LogP contribution < -0.4 is 4.90 Å². The van der Waals surface area contributed by atoms with E-state index in [2.05, 4.69) is 6.07 Å². The van der Waals surface area contributed by atoms with Crippen molar-refractivity contribution in [2.45, 2.75) is 12.5 Å². The topological polar surface area (TPSA) is 67.6 Å². The van der Waals surface area contributed by atoms with Crippen molar-refractivity contribution in [2.75, 3.05) is 31.6 Å². The minimum atomic E-state index is -0.314. The van der Waals surface area contributed by atoms with Crippen molar-refractivity contribution in [1.29, 1.82) is 5.26 Å². The molecule has 1 aliphatic rings. The van der Waals surface area contributed by atoms with Crippen molar-refractivity contribution in [3.63, 3.8) is 0 Å². The van der Waals surface area contributed by atoms with Gasteiger partial charge in [-0.2, -0.15) is 5.26 Å². The first kappa shape index (κ1) is 13.5. The summed E-state index contributed by atoms with van der Waals surface area (Å²) in [5.74, 6) is -0.0505. The number of hydrogen-bond acceptors (Lipinski definition) is 4. The summed E-state index contributed by atoms with van der Waals surface area (Å²) < 4.78 is 0. The van der Waals surface area contributed by atoms with Crippen molar-refractivity contribution in [3.05, 3.63) is 29.8 Å². The summed E-state index contributed by atoms with van der Waals surface area (Å²) in [5, 5.41) is 18.2. The molecule has 0 aromatic heterocycles. The average Bonchev–Trinajstić information content (AvgIpc) is 2.43. The minimum absolute atomic E-state index is 0.0194. The molecule has 1 fully saturated rings. The first-order valence-electron chi connectivity index (χ1n) is 6.30. The highest BCUT2D eigenvalue weighted by Gasteiger charge is 2.33. The Morgan fingerprint density at radius 1 is 1.42 bits per heavy atom. The summed E-state index contributed by atoms with van der Waals surface area (Å²) in [7, 11) is 1.88. The van der Waals surface area contributed by atoms with E-state index in [1.165, 1.54) is 0 Å². The van der Waals surface area contributed by atoms with E-state index in [1.807, 2.05) is 18.0 Å². The number of nitrogens with zero attached hydrogens (tertiary/aromatic N) is 3. The summed E-state index contributed by atoms with van der Waals surface area (Å²) in [5.41, 5.74) is 1.16. The third-order valence-electron chi connectivity index (χ3n) is 3.48.